The predicted octanol–water partition coefficient (Wildman–Crippen LogP) is 5.85. The molecule has 1 aliphatic carbocycles. The molecule has 3 aromatic rings. The molecule has 2 fully saturated rings. The third-order valence-corrected chi connectivity index (χ3v) is 10.6. The molecular weight excluding hydrogens is 700 g/mol. The van der Waals surface area contributed by atoms with E-state index in [1.807, 2.05) is 6.07 Å². The number of rotatable bonds is 13. The summed E-state index contributed by atoms with van der Waals surface area (Å²) in [5, 5.41) is 14.9. The van der Waals surface area contributed by atoms with Crippen molar-refractivity contribution in [2.45, 2.75) is 78.0 Å². The van der Waals surface area contributed by atoms with Gasteiger partial charge < -0.3 is 19.5 Å². The normalized spacial score (nSPS) is 21.2. The molecule has 0 spiro atoms. The number of hydrogen-bond donors (Lipinski definition) is 2. The molecule has 1 saturated heterocycles. The van der Waals surface area contributed by atoms with Crippen LogP contribution >= 0.6 is 11.6 Å². The van der Waals surface area contributed by atoms with Crippen LogP contribution in [0.25, 0.3) is 0 Å². The van der Waals surface area contributed by atoms with Crippen LogP contribution in [-0.4, -0.2) is 65.8 Å². The minimum atomic E-state index is -1.01. The average Bonchev–Trinajstić information content (AvgIpc) is 3.37. The molecule has 2 heterocycles. The van der Waals surface area contributed by atoms with Gasteiger partial charge in [-0.05, 0) is 80.3 Å². The second-order valence-corrected chi connectivity index (χ2v) is 15.1. The van der Waals surface area contributed by atoms with E-state index in [4.69, 9.17) is 31.1 Å². The van der Waals surface area contributed by atoms with Gasteiger partial charge in [-0.3, -0.25) is 34.2 Å². The zero-order valence-electron chi connectivity index (χ0n) is 30.0. The fourth-order valence-electron chi connectivity index (χ4n) is 7.81. The topological polar surface area (TPSA) is 164 Å². The molecule has 276 valence electrons. The van der Waals surface area contributed by atoms with Gasteiger partial charge in [0.2, 0.25) is 11.8 Å². The molecule has 6 rings (SSSR count). The molecule has 13 heteroatoms. The van der Waals surface area contributed by atoms with Crippen LogP contribution in [0.3, 0.4) is 0 Å². The van der Waals surface area contributed by atoms with Crippen LogP contribution in [0, 0.1) is 22.2 Å². The van der Waals surface area contributed by atoms with Crippen LogP contribution in [0.1, 0.15) is 96.4 Å². The summed E-state index contributed by atoms with van der Waals surface area (Å²) in [5.41, 5.74) is 0.524. The molecule has 1 saturated carbocycles. The van der Waals surface area contributed by atoms with Crippen LogP contribution in [-0.2, 0) is 9.59 Å². The smallest absolute Gasteiger partial charge is 0.262 e. The van der Waals surface area contributed by atoms with E-state index in [0.29, 0.717) is 46.6 Å². The number of carbonyl (C=O) groups excluding carboxylic acids is 5. The highest BCUT2D eigenvalue weighted by Crippen LogP contribution is 2.55. The molecule has 2 N–H and O–H groups in total. The second-order valence-electron chi connectivity index (χ2n) is 14.7. The molecule has 3 aliphatic rings. The maximum absolute atomic E-state index is 13.3. The highest BCUT2D eigenvalue weighted by atomic mass is 35.5. The number of nitrogens with zero attached hydrogens (tertiary/aromatic N) is 2. The van der Waals surface area contributed by atoms with Crippen molar-refractivity contribution < 1.29 is 38.2 Å². The number of ether oxygens (including phenoxy) is 3. The number of fused-ring (bicyclic) bond motifs is 1. The largest absolute Gasteiger partial charge is 0.494 e. The highest BCUT2D eigenvalue weighted by molar-refractivity contribution is 6.31. The lowest BCUT2D eigenvalue weighted by Gasteiger charge is -2.63. The molecule has 0 aromatic heterocycles. The maximum Gasteiger partial charge on any atom is 0.262 e. The SMILES string of the molecule is CC1(C)[C@H](NC(=O)c2ccc(OCCCCCOc3ccc4c(c3)C(=O)N(C3CCC(=O)NC3=O)C4=O)cc2)C(C)(C)[C@H]1Oc1ccc(C#N)c(Cl)c1. The summed E-state index contributed by atoms with van der Waals surface area (Å²) in [6.45, 7) is 9.10. The zero-order chi connectivity index (χ0) is 38.1. The van der Waals surface area contributed by atoms with Crippen molar-refractivity contribution in [3.8, 4) is 23.3 Å². The first-order valence-electron chi connectivity index (χ1n) is 17.6. The first-order valence-corrected chi connectivity index (χ1v) is 18.0. The minimum absolute atomic E-state index is 0.0609. The Bertz CT molecular complexity index is 1990. The number of nitrogens with one attached hydrogen (secondary N) is 2. The molecule has 1 atom stereocenters. The Hall–Kier alpha value is -5.41. The van der Waals surface area contributed by atoms with Crippen LogP contribution in [0.4, 0.5) is 0 Å². The lowest BCUT2D eigenvalue weighted by atomic mass is 9.49. The number of hydrogen-bond acceptors (Lipinski definition) is 9. The molecule has 1 unspecified atom stereocenters. The molecule has 0 radical (unpaired) electrons. The number of amides is 5. The van der Waals surface area contributed by atoms with Crippen molar-refractivity contribution in [1.82, 2.24) is 15.5 Å². The van der Waals surface area contributed by atoms with Crippen molar-refractivity contribution in [1.29, 1.82) is 5.26 Å². The number of nitriles is 1. The summed E-state index contributed by atoms with van der Waals surface area (Å²) in [4.78, 5) is 63.9. The molecule has 53 heavy (non-hydrogen) atoms. The summed E-state index contributed by atoms with van der Waals surface area (Å²) >= 11 is 6.21. The van der Waals surface area contributed by atoms with Gasteiger partial charge in [-0.2, -0.15) is 5.26 Å². The Labute approximate surface area is 312 Å². The van der Waals surface area contributed by atoms with Crippen molar-refractivity contribution in [2.75, 3.05) is 13.2 Å². The quantitative estimate of drug-likeness (QED) is 0.162. The molecule has 5 amide bonds. The van der Waals surface area contributed by atoms with E-state index in [1.54, 1.807) is 48.5 Å². The van der Waals surface area contributed by atoms with Gasteiger partial charge >= 0.3 is 0 Å². The lowest BCUT2D eigenvalue weighted by molar-refractivity contribution is -0.164. The highest BCUT2D eigenvalue weighted by Gasteiger charge is 2.64. The standard InChI is InChI=1S/C40H41ClN4O8/c1-39(2)37(40(3,4)38(39)53-27-13-10-24(22-42)30(41)21-27)44-33(47)23-8-11-25(12-9-23)51-18-6-5-7-19-52-26-14-15-28-29(20-26)36(50)45(35(28)49)31-16-17-32(46)43-34(31)48/h8-15,20-21,31,37-38H,5-7,16-19H2,1-4H3,(H,44,47)(H,43,46,48)/t31?,37-,38-. The summed E-state index contributed by atoms with van der Waals surface area (Å²) in [6.07, 6.45) is 2.28. The molecular formula is C40H41ClN4O8. The minimum Gasteiger partial charge on any atom is -0.494 e. The van der Waals surface area contributed by atoms with E-state index < -0.39 is 29.7 Å². The van der Waals surface area contributed by atoms with Crippen molar-refractivity contribution in [2.24, 2.45) is 10.8 Å². The Morgan fingerprint density at radius 2 is 1.49 bits per heavy atom. The fraction of sp³-hybridized carbons (Fsp3) is 0.400. The first kappa shape index (κ1) is 37.4. The number of halogens is 1. The third-order valence-electron chi connectivity index (χ3n) is 10.3. The van der Waals surface area contributed by atoms with Gasteiger partial charge in [0.05, 0.1) is 34.9 Å². The van der Waals surface area contributed by atoms with Gasteiger partial charge in [0.15, 0.2) is 0 Å². The first-order chi connectivity index (χ1) is 25.2. The molecule has 12 nitrogen and oxygen atoms in total. The van der Waals surface area contributed by atoms with Crippen molar-refractivity contribution in [3.63, 3.8) is 0 Å². The Balaban J connectivity index is 0.911. The average molecular weight is 741 g/mol. The molecule has 0 bridgehead atoms. The number of piperidine rings is 1. The van der Waals surface area contributed by atoms with Crippen LogP contribution < -0.4 is 24.8 Å². The monoisotopic (exact) mass is 740 g/mol. The Kier molecular flexibility index (Phi) is 10.5. The molecule has 2 aliphatic heterocycles. The molecule has 3 aromatic carbocycles. The maximum atomic E-state index is 13.3. The summed E-state index contributed by atoms with van der Waals surface area (Å²) in [6, 6.07) is 17.6. The van der Waals surface area contributed by atoms with Crippen molar-refractivity contribution >= 4 is 41.1 Å². The second kappa shape index (κ2) is 14.9. The number of benzene rings is 3. The van der Waals surface area contributed by atoms with Gasteiger partial charge in [-0.15, -0.1) is 0 Å². The Morgan fingerprint density at radius 3 is 2.13 bits per heavy atom. The van der Waals surface area contributed by atoms with Crippen LogP contribution in [0.15, 0.2) is 60.7 Å². The van der Waals surface area contributed by atoms with Gasteiger partial charge in [0, 0.05) is 34.9 Å². The van der Waals surface area contributed by atoms with E-state index in [0.717, 1.165) is 24.2 Å². The summed E-state index contributed by atoms with van der Waals surface area (Å²) < 4.78 is 18.0. The predicted molar refractivity (Wildman–Crippen MR) is 194 cm³/mol. The van der Waals surface area contributed by atoms with Crippen molar-refractivity contribution in [3.05, 3.63) is 87.9 Å². The Morgan fingerprint density at radius 1 is 0.868 bits per heavy atom. The van der Waals surface area contributed by atoms with E-state index >= 15 is 0 Å². The van der Waals surface area contributed by atoms with Gasteiger partial charge in [-0.1, -0.05) is 39.3 Å². The van der Waals surface area contributed by atoms with Crippen LogP contribution in [0.5, 0.6) is 17.2 Å². The number of unbranched alkanes of at least 4 members (excludes halogenated alkanes) is 2. The van der Waals surface area contributed by atoms with E-state index in [2.05, 4.69) is 38.3 Å². The summed E-state index contributed by atoms with van der Waals surface area (Å²) in [7, 11) is 0. The van der Waals surface area contributed by atoms with Gasteiger partial charge in [0.1, 0.15) is 35.5 Å². The lowest BCUT2D eigenvalue weighted by Crippen LogP contribution is -2.74. The van der Waals surface area contributed by atoms with E-state index in [9.17, 15) is 24.0 Å². The zero-order valence-corrected chi connectivity index (χ0v) is 30.7. The van der Waals surface area contributed by atoms with E-state index in [1.165, 1.54) is 12.1 Å². The van der Waals surface area contributed by atoms with Gasteiger partial charge in [0.25, 0.3) is 17.7 Å². The fourth-order valence-corrected chi connectivity index (χ4v) is 8.03. The van der Waals surface area contributed by atoms with Crippen LogP contribution in [0.2, 0.25) is 5.02 Å². The third kappa shape index (κ3) is 7.44. The van der Waals surface area contributed by atoms with Gasteiger partial charge in [-0.25, -0.2) is 0 Å². The summed E-state index contributed by atoms with van der Waals surface area (Å²) in [5.74, 6) is -0.715. The number of carbonyl (C=O) groups is 5. The van der Waals surface area contributed by atoms with E-state index in [-0.39, 0.29) is 52.9 Å². The number of imide groups is 2.